The third kappa shape index (κ3) is 6.59. The van der Waals surface area contributed by atoms with Gasteiger partial charge in [-0.1, -0.05) is 37.3 Å². The van der Waals surface area contributed by atoms with Gasteiger partial charge in [-0.15, -0.1) is 24.0 Å². The first kappa shape index (κ1) is 23.4. The van der Waals surface area contributed by atoms with E-state index in [-0.39, 0.29) is 24.0 Å². The second kappa shape index (κ2) is 12.0. The summed E-state index contributed by atoms with van der Waals surface area (Å²) in [5.41, 5.74) is 1.48. The molecule has 2 atom stereocenters. The van der Waals surface area contributed by atoms with Gasteiger partial charge in [0.15, 0.2) is 5.96 Å². The smallest absolute Gasteiger partial charge is 0.193 e. The first-order chi connectivity index (χ1) is 13.2. The Balaban J connectivity index is 0.00000280. The van der Waals surface area contributed by atoms with E-state index in [1.54, 1.807) is 0 Å². The Morgan fingerprint density at radius 2 is 1.89 bits per heavy atom. The van der Waals surface area contributed by atoms with Crippen molar-refractivity contribution in [3.63, 3.8) is 0 Å². The monoisotopic (exact) mass is 499 g/mol. The van der Waals surface area contributed by atoms with Crippen LogP contribution in [-0.4, -0.2) is 87.1 Å². The Morgan fingerprint density at radius 3 is 2.61 bits per heavy atom. The Bertz CT molecular complexity index is 594. The van der Waals surface area contributed by atoms with Gasteiger partial charge in [0, 0.05) is 46.3 Å². The molecule has 158 valence electrons. The van der Waals surface area contributed by atoms with E-state index >= 15 is 0 Å². The predicted octanol–water partition coefficient (Wildman–Crippen LogP) is 2.94. The van der Waals surface area contributed by atoms with Crippen LogP contribution in [0.25, 0.3) is 0 Å². The summed E-state index contributed by atoms with van der Waals surface area (Å²) in [5, 5.41) is 3.61. The molecular formula is C22H38IN5. The summed E-state index contributed by atoms with van der Waals surface area (Å²) in [7, 11) is 4.14. The van der Waals surface area contributed by atoms with E-state index in [9.17, 15) is 0 Å². The molecule has 2 aliphatic rings. The topological polar surface area (TPSA) is 34.1 Å². The first-order valence-electron chi connectivity index (χ1n) is 10.6. The highest BCUT2D eigenvalue weighted by atomic mass is 127. The molecule has 2 heterocycles. The van der Waals surface area contributed by atoms with Crippen molar-refractivity contribution in [3.8, 4) is 0 Å². The lowest BCUT2D eigenvalue weighted by Crippen LogP contribution is -2.49. The first-order valence-corrected chi connectivity index (χ1v) is 10.6. The summed E-state index contributed by atoms with van der Waals surface area (Å²) in [6.45, 7) is 11.4. The summed E-state index contributed by atoms with van der Waals surface area (Å²) in [6.07, 6.45) is 2.47. The van der Waals surface area contributed by atoms with E-state index in [1.807, 2.05) is 7.05 Å². The lowest BCUT2D eigenvalue weighted by atomic mass is 9.82. The third-order valence-corrected chi connectivity index (χ3v) is 6.17. The van der Waals surface area contributed by atoms with Crippen LogP contribution in [0.5, 0.6) is 0 Å². The van der Waals surface area contributed by atoms with Crippen molar-refractivity contribution in [1.29, 1.82) is 0 Å². The molecule has 0 spiro atoms. The van der Waals surface area contributed by atoms with Gasteiger partial charge in [0.2, 0.25) is 0 Å². The minimum Gasteiger partial charge on any atom is -0.355 e. The normalized spacial score (nSPS) is 25.1. The van der Waals surface area contributed by atoms with E-state index in [0.29, 0.717) is 11.8 Å². The molecule has 2 fully saturated rings. The number of hydrogen-bond donors (Lipinski definition) is 1. The fourth-order valence-electron chi connectivity index (χ4n) is 4.52. The lowest BCUT2D eigenvalue weighted by molar-refractivity contribution is 0.232. The minimum atomic E-state index is 0. The van der Waals surface area contributed by atoms with E-state index in [2.05, 4.69) is 69.3 Å². The molecule has 2 aliphatic heterocycles. The summed E-state index contributed by atoms with van der Waals surface area (Å²) >= 11 is 0. The maximum absolute atomic E-state index is 4.56. The van der Waals surface area contributed by atoms with Gasteiger partial charge in [-0.05, 0) is 50.4 Å². The number of guanidine groups is 1. The van der Waals surface area contributed by atoms with Crippen LogP contribution in [-0.2, 0) is 0 Å². The molecule has 0 aliphatic carbocycles. The number of likely N-dealkylation sites (tertiary alicyclic amines) is 1. The number of likely N-dealkylation sites (N-methyl/N-ethyl adjacent to an activating group) is 1. The zero-order valence-electron chi connectivity index (χ0n) is 17.8. The van der Waals surface area contributed by atoms with Gasteiger partial charge in [-0.25, -0.2) is 0 Å². The molecule has 2 unspecified atom stereocenters. The Labute approximate surface area is 188 Å². The second-order valence-electron chi connectivity index (χ2n) is 8.20. The maximum Gasteiger partial charge on any atom is 0.193 e. The van der Waals surface area contributed by atoms with Crippen molar-refractivity contribution in [2.24, 2.45) is 10.9 Å². The van der Waals surface area contributed by atoms with Crippen molar-refractivity contribution >= 4 is 29.9 Å². The number of halogens is 1. The molecule has 0 bridgehead atoms. The van der Waals surface area contributed by atoms with Crippen molar-refractivity contribution in [2.75, 3.05) is 66.5 Å². The Kier molecular flexibility index (Phi) is 10.0. The molecule has 1 aromatic rings. The van der Waals surface area contributed by atoms with Crippen LogP contribution in [0.15, 0.2) is 35.3 Å². The van der Waals surface area contributed by atoms with Gasteiger partial charge in [-0.3, -0.25) is 4.99 Å². The van der Waals surface area contributed by atoms with Crippen LogP contribution in [0.3, 0.4) is 0 Å². The van der Waals surface area contributed by atoms with Crippen molar-refractivity contribution in [2.45, 2.75) is 25.7 Å². The van der Waals surface area contributed by atoms with Crippen LogP contribution in [0.1, 0.15) is 31.2 Å². The maximum atomic E-state index is 4.56. The second-order valence-corrected chi connectivity index (χ2v) is 8.20. The van der Waals surface area contributed by atoms with Crippen LogP contribution in [0.2, 0.25) is 0 Å². The fourth-order valence-corrected chi connectivity index (χ4v) is 4.52. The highest BCUT2D eigenvalue weighted by Crippen LogP contribution is 2.32. The average molecular weight is 499 g/mol. The quantitative estimate of drug-likeness (QED) is 0.393. The number of benzene rings is 1. The van der Waals surface area contributed by atoms with E-state index in [1.165, 1.54) is 44.6 Å². The molecule has 3 rings (SSSR count). The molecule has 28 heavy (non-hydrogen) atoms. The molecule has 1 aromatic carbocycles. The fraction of sp³-hybridized carbons (Fsp3) is 0.682. The SMILES string of the molecule is CN=C(NCCN1CCCN(C)CC1)N1CCC(c2ccccc2)C(C)C1.I. The van der Waals surface area contributed by atoms with Gasteiger partial charge in [0.25, 0.3) is 0 Å². The summed E-state index contributed by atoms with van der Waals surface area (Å²) < 4.78 is 0. The van der Waals surface area contributed by atoms with Crippen molar-refractivity contribution in [1.82, 2.24) is 20.0 Å². The van der Waals surface area contributed by atoms with Crippen LogP contribution < -0.4 is 5.32 Å². The number of hydrogen-bond acceptors (Lipinski definition) is 3. The largest absolute Gasteiger partial charge is 0.355 e. The van der Waals surface area contributed by atoms with Gasteiger partial charge in [-0.2, -0.15) is 0 Å². The molecule has 1 N–H and O–H groups in total. The number of aliphatic imine (C=N–C) groups is 1. The van der Waals surface area contributed by atoms with E-state index in [0.717, 1.165) is 32.1 Å². The highest BCUT2D eigenvalue weighted by molar-refractivity contribution is 14.0. The van der Waals surface area contributed by atoms with Crippen LogP contribution >= 0.6 is 24.0 Å². The minimum absolute atomic E-state index is 0. The average Bonchev–Trinajstić information content (AvgIpc) is 2.90. The molecule has 0 amide bonds. The zero-order valence-corrected chi connectivity index (χ0v) is 20.1. The molecule has 6 heteroatoms. The predicted molar refractivity (Wildman–Crippen MR) is 130 cm³/mol. The Hall–Kier alpha value is -0.860. The standard InChI is InChI=1S/C22H37N5.HI/c1-19-18-27(14-10-21(19)20-8-5-4-6-9-20)22(23-2)24-11-15-26-13-7-12-25(3)16-17-26;/h4-6,8-9,19,21H,7,10-18H2,1-3H3,(H,23,24);1H. The zero-order chi connectivity index (χ0) is 19.1. The van der Waals surface area contributed by atoms with Gasteiger partial charge in [0.1, 0.15) is 0 Å². The molecule has 0 saturated carbocycles. The summed E-state index contributed by atoms with van der Waals surface area (Å²) in [6, 6.07) is 11.0. The third-order valence-electron chi connectivity index (χ3n) is 6.17. The summed E-state index contributed by atoms with van der Waals surface area (Å²) in [4.78, 5) is 12.0. The van der Waals surface area contributed by atoms with E-state index < -0.39 is 0 Å². The number of nitrogens with one attached hydrogen (secondary N) is 1. The highest BCUT2D eigenvalue weighted by Gasteiger charge is 2.28. The van der Waals surface area contributed by atoms with Crippen molar-refractivity contribution in [3.05, 3.63) is 35.9 Å². The van der Waals surface area contributed by atoms with Gasteiger partial charge >= 0.3 is 0 Å². The van der Waals surface area contributed by atoms with E-state index in [4.69, 9.17) is 0 Å². The molecule has 2 saturated heterocycles. The van der Waals surface area contributed by atoms with Gasteiger partial charge < -0.3 is 20.0 Å². The van der Waals surface area contributed by atoms with Crippen molar-refractivity contribution < 1.29 is 0 Å². The number of piperidine rings is 1. The van der Waals surface area contributed by atoms with Gasteiger partial charge in [0.05, 0.1) is 0 Å². The molecule has 0 radical (unpaired) electrons. The number of nitrogens with zero attached hydrogens (tertiary/aromatic N) is 4. The summed E-state index contributed by atoms with van der Waals surface area (Å²) in [5.74, 6) is 2.37. The molecule has 0 aromatic heterocycles. The lowest BCUT2D eigenvalue weighted by Gasteiger charge is -2.39. The Morgan fingerprint density at radius 1 is 1.11 bits per heavy atom. The van der Waals surface area contributed by atoms with Crippen LogP contribution in [0.4, 0.5) is 0 Å². The number of rotatable bonds is 4. The van der Waals surface area contributed by atoms with Crippen LogP contribution in [0, 0.1) is 5.92 Å². The molecule has 5 nitrogen and oxygen atoms in total. The molecular weight excluding hydrogens is 461 g/mol.